The third-order valence-corrected chi connectivity index (χ3v) is 5.91. The van der Waals surface area contributed by atoms with E-state index >= 15 is 0 Å². The van der Waals surface area contributed by atoms with Crippen molar-refractivity contribution < 1.29 is 9.66 Å². The molecule has 2 atom stereocenters. The van der Waals surface area contributed by atoms with Gasteiger partial charge in [-0.2, -0.15) is 0 Å². The summed E-state index contributed by atoms with van der Waals surface area (Å²) in [5, 5.41) is 14.7. The van der Waals surface area contributed by atoms with Gasteiger partial charge in [-0.15, -0.1) is 0 Å². The summed E-state index contributed by atoms with van der Waals surface area (Å²) >= 11 is 0. The average Bonchev–Trinajstić information content (AvgIpc) is 2.67. The van der Waals surface area contributed by atoms with Crippen molar-refractivity contribution in [2.45, 2.75) is 77.0 Å². The Hall–Kier alpha value is -1.66. The Bertz CT molecular complexity index is 629. The molecule has 0 bridgehead atoms. The van der Waals surface area contributed by atoms with Crippen molar-refractivity contribution in [3.8, 4) is 0 Å². The van der Waals surface area contributed by atoms with Crippen LogP contribution in [0, 0.1) is 17.0 Å². The van der Waals surface area contributed by atoms with E-state index in [4.69, 9.17) is 4.74 Å². The molecule has 1 aliphatic heterocycles. The Morgan fingerprint density at radius 1 is 1.26 bits per heavy atom. The second kappa shape index (κ2) is 9.51. The normalized spacial score (nSPS) is 24.7. The van der Waals surface area contributed by atoms with Crippen LogP contribution in [0.15, 0.2) is 18.2 Å². The SMILES string of the molecule is CCCO[C@H]1CCC[C@@H](N2CCC(Nc3cc(C)ccc3[N+](=O)[O-])CC2)C1. The summed E-state index contributed by atoms with van der Waals surface area (Å²) in [6.07, 6.45) is 8.45. The molecule has 1 N–H and O–H groups in total. The highest BCUT2D eigenvalue weighted by atomic mass is 16.6. The van der Waals surface area contributed by atoms with Crippen LogP contribution in [0.25, 0.3) is 0 Å². The monoisotopic (exact) mass is 375 g/mol. The zero-order valence-electron chi connectivity index (χ0n) is 16.7. The number of hydrogen-bond donors (Lipinski definition) is 1. The fourth-order valence-electron chi connectivity index (χ4n) is 4.44. The lowest BCUT2D eigenvalue weighted by Crippen LogP contribution is -2.47. The molecule has 6 nitrogen and oxygen atoms in total. The number of nitro groups is 1. The van der Waals surface area contributed by atoms with E-state index < -0.39 is 0 Å². The minimum Gasteiger partial charge on any atom is -0.378 e. The Morgan fingerprint density at radius 2 is 2.04 bits per heavy atom. The third-order valence-electron chi connectivity index (χ3n) is 5.91. The molecule has 0 radical (unpaired) electrons. The van der Waals surface area contributed by atoms with Crippen molar-refractivity contribution >= 4 is 11.4 Å². The highest BCUT2D eigenvalue weighted by molar-refractivity contribution is 5.63. The first-order valence-corrected chi connectivity index (χ1v) is 10.4. The van der Waals surface area contributed by atoms with E-state index in [1.54, 1.807) is 12.1 Å². The maximum absolute atomic E-state index is 11.3. The zero-order valence-corrected chi connectivity index (χ0v) is 16.7. The van der Waals surface area contributed by atoms with Crippen LogP contribution in [-0.2, 0) is 4.74 Å². The van der Waals surface area contributed by atoms with Crippen LogP contribution in [0.3, 0.4) is 0 Å². The molecule has 0 spiro atoms. The molecule has 1 aliphatic carbocycles. The summed E-state index contributed by atoms with van der Waals surface area (Å²) in [4.78, 5) is 13.6. The number of benzene rings is 1. The van der Waals surface area contributed by atoms with Gasteiger partial charge in [-0.05, 0) is 63.5 Å². The van der Waals surface area contributed by atoms with E-state index in [1.165, 1.54) is 19.3 Å². The van der Waals surface area contributed by atoms with Gasteiger partial charge in [0, 0.05) is 37.8 Å². The van der Waals surface area contributed by atoms with Gasteiger partial charge in [0.1, 0.15) is 5.69 Å². The Labute approximate surface area is 162 Å². The minimum absolute atomic E-state index is 0.172. The first-order chi connectivity index (χ1) is 13.1. The molecule has 1 heterocycles. The van der Waals surface area contributed by atoms with E-state index in [-0.39, 0.29) is 10.6 Å². The molecule has 2 aliphatic rings. The fourth-order valence-corrected chi connectivity index (χ4v) is 4.44. The van der Waals surface area contributed by atoms with Crippen molar-refractivity contribution in [1.82, 2.24) is 4.90 Å². The lowest BCUT2D eigenvalue weighted by molar-refractivity contribution is -0.384. The molecule has 2 fully saturated rings. The van der Waals surface area contributed by atoms with E-state index in [0.29, 0.717) is 23.9 Å². The minimum atomic E-state index is -0.296. The second-order valence-corrected chi connectivity index (χ2v) is 8.05. The molecule has 150 valence electrons. The van der Waals surface area contributed by atoms with Gasteiger partial charge in [0.2, 0.25) is 0 Å². The highest BCUT2D eigenvalue weighted by Gasteiger charge is 2.30. The van der Waals surface area contributed by atoms with Crippen LogP contribution in [0.4, 0.5) is 11.4 Å². The maximum Gasteiger partial charge on any atom is 0.292 e. The quantitative estimate of drug-likeness (QED) is 0.561. The van der Waals surface area contributed by atoms with Crippen molar-refractivity contribution in [2.75, 3.05) is 25.0 Å². The number of nitrogens with one attached hydrogen (secondary N) is 1. The third kappa shape index (κ3) is 5.42. The van der Waals surface area contributed by atoms with E-state index in [1.807, 2.05) is 13.0 Å². The molecule has 27 heavy (non-hydrogen) atoms. The van der Waals surface area contributed by atoms with Gasteiger partial charge < -0.3 is 15.0 Å². The summed E-state index contributed by atoms with van der Waals surface area (Å²) in [6, 6.07) is 6.23. The number of rotatable bonds is 7. The smallest absolute Gasteiger partial charge is 0.292 e. The van der Waals surface area contributed by atoms with E-state index in [2.05, 4.69) is 17.1 Å². The number of ether oxygens (including phenoxy) is 1. The molecule has 0 aromatic heterocycles. The lowest BCUT2D eigenvalue weighted by Gasteiger charge is -2.41. The Balaban J connectivity index is 1.52. The first-order valence-electron chi connectivity index (χ1n) is 10.4. The van der Waals surface area contributed by atoms with Crippen LogP contribution in [-0.4, -0.2) is 47.7 Å². The topological polar surface area (TPSA) is 67.6 Å². The number of aryl methyl sites for hydroxylation is 1. The molecule has 6 heteroatoms. The summed E-state index contributed by atoms with van der Waals surface area (Å²) in [5.74, 6) is 0. The predicted octanol–water partition coefficient (Wildman–Crippen LogP) is 4.52. The number of nitro benzene ring substituents is 1. The van der Waals surface area contributed by atoms with Crippen molar-refractivity contribution in [2.24, 2.45) is 0 Å². The molecule has 1 aromatic rings. The van der Waals surface area contributed by atoms with Crippen LogP contribution in [0.5, 0.6) is 0 Å². The summed E-state index contributed by atoms with van der Waals surface area (Å²) in [7, 11) is 0. The van der Waals surface area contributed by atoms with Gasteiger partial charge in [-0.3, -0.25) is 10.1 Å². The lowest BCUT2D eigenvalue weighted by atomic mass is 9.90. The molecule has 0 amide bonds. The van der Waals surface area contributed by atoms with Gasteiger partial charge in [-0.1, -0.05) is 13.0 Å². The molecule has 0 unspecified atom stereocenters. The molecule has 3 rings (SSSR count). The molecule has 1 aromatic carbocycles. The average molecular weight is 376 g/mol. The number of anilines is 1. The Morgan fingerprint density at radius 3 is 2.74 bits per heavy atom. The van der Waals surface area contributed by atoms with E-state index in [0.717, 1.165) is 50.9 Å². The maximum atomic E-state index is 11.3. The van der Waals surface area contributed by atoms with Crippen molar-refractivity contribution in [3.63, 3.8) is 0 Å². The van der Waals surface area contributed by atoms with Gasteiger partial charge >= 0.3 is 0 Å². The van der Waals surface area contributed by atoms with E-state index in [9.17, 15) is 10.1 Å². The molecule has 1 saturated carbocycles. The van der Waals surface area contributed by atoms with Crippen LogP contribution in [0.2, 0.25) is 0 Å². The number of nitrogens with zero attached hydrogens (tertiary/aromatic N) is 2. The summed E-state index contributed by atoms with van der Waals surface area (Å²) in [5.41, 5.74) is 1.87. The van der Waals surface area contributed by atoms with Crippen molar-refractivity contribution in [3.05, 3.63) is 33.9 Å². The van der Waals surface area contributed by atoms with Crippen molar-refractivity contribution in [1.29, 1.82) is 0 Å². The fraction of sp³-hybridized carbons (Fsp3) is 0.714. The van der Waals surface area contributed by atoms with Gasteiger partial charge in [0.25, 0.3) is 5.69 Å². The van der Waals surface area contributed by atoms with Gasteiger partial charge in [0.05, 0.1) is 11.0 Å². The first kappa shape index (κ1) is 20.1. The van der Waals surface area contributed by atoms with Gasteiger partial charge in [0.15, 0.2) is 0 Å². The largest absolute Gasteiger partial charge is 0.378 e. The molecular weight excluding hydrogens is 342 g/mol. The molecular formula is C21H33N3O3. The molecule has 1 saturated heterocycles. The Kier molecular flexibility index (Phi) is 7.07. The second-order valence-electron chi connectivity index (χ2n) is 8.05. The zero-order chi connectivity index (χ0) is 19.2. The predicted molar refractivity (Wildman–Crippen MR) is 108 cm³/mol. The standard InChI is InChI=1S/C21H33N3O3/c1-3-13-27-19-6-4-5-18(15-19)23-11-9-17(10-12-23)22-20-14-16(2)7-8-21(20)24(25)26/h7-8,14,17-19,22H,3-6,9-13,15H2,1-2H3/t18-,19+/m1/s1. The van der Waals surface area contributed by atoms with Gasteiger partial charge in [-0.25, -0.2) is 0 Å². The number of likely N-dealkylation sites (tertiary alicyclic amines) is 1. The number of piperidine rings is 1. The number of hydrogen-bond acceptors (Lipinski definition) is 5. The van der Waals surface area contributed by atoms with Crippen LogP contribution in [0.1, 0.15) is 57.4 Å². The van der Waals surface area contributed by atoms with Crippen LogP contribution >= 0.6 is 0 Å². The summed E-state index contributed by atoms with van der Waals surface area (Å²) in [6.45, 7) is 7.12. The highest BCUT2D eigenvalue weighted by Crippen LogP contribution is 2.30. The van der Waals surface area contributed by atoms with Crippen LogP contribution < -0.4 is 5.32 Å². The summed E-state index contributed by atoms with van der Waals surface area (Å²) < 4.78 is 6.00.